The van der Waals surface area contributed by atoms with Crippen molar-refractivity contribution in [1.29, 1.82) is 0 Å². The lowest BCUT2D eigenvalue weighted by Crippen LogP contribution is -2.31. The van der Waals surface area contributed by atoms with E-state index in [9.17, 15) is 0 Å². The van der Waals surface area contributed by atoms with Gasteiger partial charge in [0.15, 0.2) is 0 Å². The van der Waals surface area contributed by atoms with Crippen molar-refractivity contribution in [3.63, 3.8) is 0 Å². The van der Waals surface area contributed by atoms with Gasteiger partial charge in [-0.25, -0.2) is 0 Å². The summed E-state index contributed by atoms with van der Waals surface area (Å²) in [4.78, 5) is 12.9. The SMILES string of the molecule is C.C.C.C.C.C.C.C.C.C.CC.CC.CC.CC.CC.CC.CC.CC.CC.CC.CCN1c2c(ccc3c2[C@H](C)[C@H](C)C3)[C@H](C)[C@@H]1C.CCN1c2cc3c(cc2[C@H](C)[C@@H]1C)C[C@@H](C)[C@H]3C.CCN1c2cc3c(cc2[C@H](C)[C@@H]1C)[C@@H](C)[C@@H](C)C3.CCN1c2ccc3c(c2[C@H](C)[C@@H]1C)C[C@@H](C)[C@H]3C.CCN1c2ccc3c(c2[C@H](C)[C@@H]1C)[C@@H](C)[C@@H](C)C3. The lowest BCUT2D eigenvalue weighted by atomic mass is 9.87. The number of hydrogen-bond donors (Lipinski definition) is 0. The van der Waals surface area contributed by atoms with Gasteiger partial charge in [-0.1, -0.05) is 353 Å². The van der Waals surface area contributed by atoms with Gasteiger partial charge in [0.05, 0.1) is 0 Å². The van der Waals surface area contributed by atoms with E-state index in [1.165, 1.54) is 54.9 Å². The third kappa shape index (κ3) is 27.3. The van der Waals surface area contributed by atoms with Crippen LogP contribution in [0.2, 0.25) is 0 Å². The van der Waals surface area contributed by atoms with E-state index >= 15 is 0 Å². The Morgan fingerprint density at radius 2 is 0.475 bits per heavy atom. The number of likely N-dealkylation sites (N-methyl/N-ethyl adjacent to an activating group) is 5. The van der Waals surface area contributed by atoms with Crippen LogP contribution in [0.1, 0.15) is 528 Å². The van der Waals surface area contributed by atoms with Gasteiger partial charge >= 0.3 is 0 Å². The molecular weight excluding hydrogens is 1450 g/mol. The Bertz CT molecular complexity index is 3410. The van der Waals surface area contributed by atoms with E-state index in [0.717, 1.165) is 91.9 Å². The molecule has 0 N–H and O–H groups in total. The van der Waals surface area contributed by atoms with Crippen LogP contribution in [0.3, 0.4) is 0 Å². The summed E-state index contributed by atoms with van der Waals surface area (Å²) in [5.41, 5.74) is 32.1. The molecule has 0 fully saturated rings. The van der Waals surface area contributed by atoms with Crippen LogP contribution in [0.15, 0.2) is 60.7 Å². The highest BCUT2D eigenvalue weighted by atomic mass is 15.2. The van der Waals surface area contributed by atoms with Crippen molar-refractivity contribution in [3.05, 3.63) is 144 Å². The van der Waals surface area contributed by atoms with Gasteiger partial charge in [0.25, 0.3) is 0 Å². The fourth-order valence-corrected chi connectivity index (χ4v) is 20.1. The van der Waals surface area contributed by atoms with E-state index in [1.54, 1.807) is 89.1 Å². The summed E-state index contributed by atoms with van der Waals surface area (Å²) in [6.45, 7) is 105. The number of fused-ring (bicyclic) bond motifs is 13. The first kappa shape index (κ1) is 136. The molecule has 5 aromatic carbocycles. The maximum Gasteiger partial charge on any atom is 0.0442 e. The highest BCUT2D eigenvalue weighted by molar-refractivity contribution is 5.72. The van der Waals surface area contributed by atoms with Gasteiger partial charge in [0.1, 0.15) is 0 Å². The van der Waals surface area contributed by atoms with Gasteiger partial charge < -0.3 is 24.5 Å². The normalized spacial score (nSPS) is 25.8. The summed E-state index contributed by atoms with van der Waals surface area (Å²) < 4.78 is 0. The Labute approximate surface area is 762 Å². The number of benzene rings is 5. The quantitative estimate of drug-likeness (QED) is 0.174. The van der Waals surface area contributed by atoms with Gasteiger partial charge in [-0.15, -0.1) is 0 Å². The Morgan fingerprint density at radius 1 is 0.208 bits per heavy atom. The molecule has 5 heteroatoms. The standard InChI is InChI=1S/5C17H25N.10C2H6.10CH4/c1-6-18-13(5)12(4)16-9-15-11(3)10(2)7-14(15)8-17(16)18;1-6-18-13(5)12(4)16-8-14-7-10(2)11(3)15(14)9-17(16)18;1-6-18-13(5)12(4)17-15-9-10(2)11(3)14(15)7-8-16(17)18;1-6-18-13(5)12(4)17-15(18)8-7-14-9-10(2)11(3)16(14)17;1-6-18-13(5)12(4)15-8-7-14-9-10(2)11(3)16(14)17(15)18;10*1-2;;;;;;;;;;/h2*8-13H,6-7H2,1-5H3;3*7-8,10-13H,6,9H2,1-5H3;10*1-2H3;10*1H4/t10-,11-,12+,13-;2*10-,11-,12-,13+;10-,11-,12+,13-;10-,11-,12-,13+;;;;;;;;;;;;;;;;;;;;/m01101..................../s1. The average molecular weight is 1680 g/mol. The second kappa shape index (κ2) is 64.8. The molecule has 15 rings (SSSR count). The maximum absolute atomic E-state index is 2.63. The van der Waals surface area contributed by atoms with Gasteiger partial charge in [-0.2, -0.15) is 0 Å². The van der Waals surface area contributed by atoms with E-state index in [1.807, 2.05) is 138 Å². The number of anilines is 5. The molecule has 5 aliphatic carbocycles. The van der Waals surface area contributed by atoms with E-state index in [4.69, 9.17) is 0 Å². The van der Waals surface area contributed by atoms with Crippen LogP contribution in [0.4, 0.5) is 28.4 Å². The fraction of sp³-hybridized carbons (Fsp3) is 0.739. The Hall–Kier alpha value is -4.90. The van der Waals surface area contributed by atoms with Crippen LogP contribution >= 0.6 is 0 Å². The third-order valence-electron chi connectivity index (χ3n) is 27.7. The second-order valence-electron chi connectivity index (χ2n) is 31.9. The van der Waals surface area contributed by atoms with Crippen LogP contribution in [-0.2, 0) is 32.1 Å². The molecular formula is C115H225N5. The van der Waals surface area contributed by atoms with E-state index in [0.29, 0.717) is 59.8 Å². The van der Waals surface area contributed by atoms with Crippen molar-refractivity contribution in [3.8, 4) is 0 Å². The lowest BCUT2D eigenvalue weighted by molar-refractivity contribution is 0.526. The molecule has 0 amide bonds. The summed E-state index contributed by atoms with van der Waals surface area (Å²) >= 11 is 0. The molecule has 0 aromatic heterocycles. The molecule has 10 aliphatic rings. The first-order valence-corrected chi connectivity index (χ1v) is 47.4. The van der Waals surface area contributed by atoms with Gasteiger partial charge in [0.2, 0.25) is 0 Å². The van der Waals surface area contributed by atoms with E-state index in [2.05, 4.69) is 258 Å². The van der Waals surface area contributed by atoms with Gasteiger partial charge in [-0.05, 0) is 268 Å². The molecule has 0 saturated carbocycles. The van der Waals surface area contributed by atoms with Crippen molar-refractivity contribution in [2.24, 2.45) is 29.6 Å². The zero-order valence-electron chi connectivity index (χ0n) is 81.6. The van der Waals surface area contributed by atoms with Crippen molar-refractivity contribution >= 4 is 28.4 Å². The molecule has 5 heterocycles. The van der Waals surface area contributed by atoms with Crippen LogP contribution in [0, 0.1) is 29.6 Å². The maximum atomic E-state index is 2.63. The molecule has 0 unspecified atom stereocenters. The summed E-state index contributed by atoms with van der Waals surface area (Å²) in [7, 11) is 0. The van der Waals surface area contributed by atoms with Crippen LogP contribution in [0.25, 0.3) is 0 Å². The molecule has 20 atom stereocenters. The minimum absolute atomic E-state index is 0. The molecule has 0 radical (unpaired) electrons. The van der Waals surface area contributed by atoms with Crippen molar-refractivity contribution in [2.45, 2.75) is 507 Å². The van der Waals surface area contributed by atoms with E-state index < -0.39 is 0 Å². The molecule has 5 aliphatic heterocycles. The molecule has 0 saturated heterocycles. The predicted molar refractivity (Wildman–Crippen MR) is 574 cm³/mol. The lowest BCUT2D eigenvalue weighted by Gasteiger charge is -2.27. The Morgan fingerprint density at radius 3 is 0.892 bits per heavy atom. The molecule has 5 aromatic rings. The van der Waals surface area contributed by atoms with Crippen LogP contribution in [0.5, 0.6) is 0 Å². The predicted octanol–water partition coefficient (Wildman–Crippen LogP) is 38.2. The fourth-order valence-electron chi connectivity index (χ4n) is 20.1. The first-order valence-electron chi connectivity index (χ1n) is 47.4. The summed E-state index contributed by atoms with van der Waals surface area (Å²) in [5, 5.41) is 0. The van der Waals surface area contributed by atoms with Gasteiger partial charge in [0, 0.05) is 121 Å². The first-order chi connectivity index (χ1) is 52.8. The molecule has 120 heavy (non-hydrogen) atoms. The Kier molecular flexibility index (Phi) is 73.2. The largest absolute Gasteiger partial charge is 0.368 e. The van der Waals surface area contributed by atoms with Gasteiger partial charge in [-0.3, -0.25) is 0 Å². The van der Waals surface area contributed by atoms with Crippen molar-refractivity contribution in [1.82, 2.24) is 0 Å². The van der Waals surface area contributed by atoms with Crippen molar-refractivity contribution < 1.29 is 0 Å². The van der Waals surface area contributed by atoms with Crippen LogP contribution in [-0.4, -0.2) is 62.9 Å². The van der Waals surface area contributed by atoms with Crippen LogP contribution < -0.4 is 24.5 Å². The summed E-state index contributed by atoms with van der Waals surface area (Å²) in [6.07, 6.45) is 6.37. The van der Waals surface area contributed by atoms with Crippen molar-refractivity contribution in [2.75, 3.05) is 57.2 Å². The Balaban J connectivity index is -0.000000146. The number of nitrogens with zero attached hydrogens (tertiary/aromatic N) is 5. The number of rotatable bonds is 5. The monoisotopic (exact) mass is 1680 g/mol. The minimum atomic E-state index is 0. The molecule has 0 bridgehead atoms. The summed E-state index contributed by atoms with van der Waals surface area (Å²) in [6, 6.07) is 27.6. The smallest absolute Gasteiger partial charge is 0.0442 e. The number of hydrogen-bond acceptors (Lipinski definition) is 5. The summed E-state index contributed by atoms with van der Waals surface area (Å²) in [5.74, 6) is 11.1. The molecule has 5 nitrogen and oxygen atoms in total. The highest BCUT2D eigenvalue weighted by Gasteiger charge is 2.43. The third-order valence-corrected chi connectivity index (χ3v) is 27.7. The molecule has 710 valence electrons. The minimum Gasteiger partial charge on any atom is -0.368 e. The average Bonchev–Trinajstić information content (AvgIpc) is 1.59. The zero-order chi connectivity index (χ0) is 85.1. The molecule has 0 spiro atoms. The second-order valence-corrected chi connectivity index (χ2v) is 31.9. The topological polar surface area (TPSA) is 16.2 Å². The van der Waals surface area contributed by atoms with E-state index in [-0.39, 0.29) is 74.3 Å². The highest BCUT2D eigenvalue weighted by Crippen LogP contribution is 2.55. The zero-order valence-corrected chi connectivity index (χ0v) is 81.6.